The number of benzene rings is 1. The summed E-state index contributed by atoms with van der Waals surface area (Å²) in [5, 5.41) is 7.10. The molecule has 1 N–H and O–H groups in total. The van der Waals surface area contributed by atoms with E-state index >= 15 is 0 Å². The van der Waals surface area contributed by atoms with Gasteiger partial charge in [-0.15, -0.1) is 0 Å². The Morgan fingerprint density at radius 2 is 2.33 bits per heavy atom. The molecular formula is C12H13ClFN3O. The third-order valence-electron chi connectivity index (χ3n) is 2.65. The molecular weight excluding hydrogens is 257 g/mol. The lowest BCUT2D eigenvalue weighted by molar-refractivity contribution is 0.408. The fraction of sp³-hybridized carbons (Fsp3) is 0.333. The van der Waals surface area contributed by atoms with Gasteiger partial charge >= 0.3 is 0 Å². The smallest absolute Gasteiger partial charge is 0.213 e. The van der Waals surface area contributed by atoms with Crippen LogP contribution in [0.2, 0.25) is 5.02 Å². The average Bonchev–Trinajstić information content (AvgIpc) is 2.85. The minimum atomic E-state index is -0.402. The normalized spacial score (nSPS) is 12.6. The van der Waals surface area contributed by atoms with Gasteiger partial charge in [0.25, 0.3) is 0 Å². The van der Waals surface area contributed by atoms with Gasteiger partial charge in [0.05, 0.1) is 5.02 Å². The van der Waals surface area contributed by atoms with Crippen molar-refractivity contribution in [1.29, 1.82) is 0 Å². The Morgan fingerprint density at radius 1 is 1.50 bits per heavy atom. The molecule has 1 atom stereocenters. The van der Waals surface area contributed by atoms with Crippen molar-refractivity contribution < 1.29 is 8.91 Å². The Bertz CT molecular complexity index is 504. The summed E-state index contributed by atoms with van der Waals surface area (Å²) in [6, 6.07) is 4.83. The van der Waals surface area contributed by atoms with E-state index in [4.69, 9.17) is 11.6 Å². The highest BCUT2D eigenvalue weighted by atomic mass is 35.5. The standard InChI is InChI=1S/C12H13ClFN3O/c1-8(9-2-3-10(13)11(14)6-9)15-5-4-12-16-7-18-17-12/h2-3,6-8,15H,4-5H2,1H3. The fourth-order valence-corrected chi connectivity index (χ4v) is 1.72. The number of nitrogens with zero attached hydrogens (tertiary/aromatic N) is 2. The highest BCUT2D eigenvalue weighted by Crippen LogP contribution is 2.19. The molecule has 0 aliphatic heterocycles. The SMILES string of the molecule is CC(NCCc1ncon1)c1ccc(Cl)c(F)c1. The number of hydrogen-bond acceptors (Lipinski definition) is 4. The van der Waals surface area contributed by atoms with Gasteiger partial charge in [0.1, 0.15) is 5.82 Å². The number of nitrogens with one attached hydrogen (secondary N) is 1. The van der Waals surface area contributed by atoms with Crippen molar-refractivity contribution >= 4 is 11.6 Å². The van der Waals surface area contributed by atoms with Gasteiger partial charge in [-0.05, 0) is 24.6 Å². The molecule has 6 heteroatoms. The molecule has 18 heavy (non-hydrogen) atoms. The van der Waals surface area contributed by atoms with E-state index in [0.717, 1.165) is 5.56 Å². The van der Waals surface area contributed by atoms with E-state index in [-0.39, 0.29) is 11.1 Å². The van der Waals surface area contributed by atoms with Gasteiger partial charge < -0.3 is 9.84 Å². The zero-order chi connectivity index (χ0) is 13.0. The lowest BCUT2D eigenvalue weighted by Gasteiger charge is -2.13. The van der Waals surface area contributed by atoms with Crippen LogP contribution in [0.3, 0.4) is 0 Å². The molecule has 0 aliphatic rings. The van der Waals surface area contributed by atoms with Crippen LogP contribution in [-0.4, -0.2) is 16.7 Å². The minimum absolute atomic E-state index is 0.0312. The van der Waals surface area contributed by atoms with Crippen molar-refractivity contribution in [3.63, 3.8) is 0 Å². The molecule has 0 radical (unpaired) electrons. The molecule has 1 unspecified atom stereocenters. The second-order valence-corrected chi connectivity index (χ2v) is 4.35. The largest absolute Gasteiger partial charge is 0.343 e. The van der Waals surface area contributed by atoms with Gasteiger partial charge in [-0.2, -0.15) is 4.98 Å². The average molecular weight is 270 g/mol. The summed E-state index contributed by atoms with van der Waals surface area (Å²) < 4.78 is 17.9. The van der Waals surface area contributed by atoms with Crippen LogP contribution in [0.4, 0.5) is 4.39 Å². The molecule has 0 bridgehead atoms. The minimum Gasteiger partial charge on any atom is -0.343 e. The Kier molecular flexibility index (Phi) is 4.28. The summed E-state index contributed by atoms with van der Waals surface area (Å²) >= 11 is 5.63. The first kappa shape index (κ1) is 13.0. The summed E-state index contributed by atoms with van der Waals surface area (Å²) in [6.45, 7) is 2.64. The Labute approximate surface area is 109 Å². The maximum absolute atomic E-state index is 13.3. The van der Waals surface area contributed by atoms with Crippen LogP contribution < -0.4 is 5.32 Å². The molecule has 0 aliphatic carbocycles. The van der Waals surface area contributed by atoms with Gasteiger partial charge in [0.2, 0.25) is 6.39 Å². The lowest BCUT2D eigenvalue weighted by atomic mass is 10.1. The maximum Gasteiger partial charge on any atom is 0.213 e. The van der Waals surface area contributed by atoms with Crippen molar-refractivity contribution in [3.8, 4) is 0 Å². The molecule has 1 aromatic heterocycles. The molecule has 96 valence electrons. The summed E-state index contributed by atoms with van der Waals surface area (Å²) in [5.41, 5.74) is 0.852. The van der Waals surface area contributed by atoms with Crippen LogP contribution in [0.25, 0.3) is 0 Å². The summed E-state index contributed by atoms with van der Waals surface area (Å²) in [4.78, 5) is 3.92. The summed E-state index contributed by atoms with van der Waals surface area (Å²) in [7, 11) is 0. The predicted molar refractivity (Wildman–Crippen MR) is 65.8 cm³/mol. The van der Waals surface area contributed by atoms with E-state index in [1.54, 1.807) is 12.1 Å². The van der Waals surface area contributed by atoms with Crippen LogP contribution in [0.5, 0.6) is 0 Å². The highest BCUT2D eigenvalue weighted by molar-refractivity contribution is 6.30. The second kappa shape index (κ2) is 5.93. The molecule has 2 rings (SSSR count). The van der Waals surface area contributed by atoms with Crippen LogP contribution in [0.15, 0.2) is 29.1 Å². The third kappa shape index (κ3) is 3.27. The van der Waals surface area contributed by atoms with Crippen LogP contribution in [0, 0.1) is 5.82 Å². The highest BCUT2D eigenvalue weighted by Gasteiger charge is 2.08. The zero-order valence-electron chi connectivity index (χ0n) is 9.86. The molecule has 0 saturated heterocycles. The molecule has 4 nitrogen and oxygen atoms in total. The fourth-order valence-electron chi connectivity index (χ4n) is 1.60. The summed E-state index contributed by atoms with van der Waals surface area (Å²) in [6.07, 6.45) is 1.96. The Balaban J connectivity index is 1.87. The second-order valence-electron chi connectivity index (χ2n) is 3.95. The van der Waals surface area contributed by atoms with Gasteiger partial charge in [0.15, 0.2) is 5.82 Å². The van der Waals surface area contributed by atoms with Crippen molar-refractivity contribution in [3.05, 3.63) is 46.8 Å². The first-order chi connectivity index (χ1) is 8.66. The topological polar surface area (TPSA) is 51.0 Å². The number of halogens is 2. The van der Waals surface area contributed by atoms with Crippen molar-refractivity contribution in [1.82, 2.24) is 15.5 Å². The zero-order valence-corrected chi connectivity index (χ0v) is 10.6. The van der Waals surface area contributed by atoms with E-state index in [1.165, 1.54) is 12.5 Å². The van der Waals surface area contributed by atoms with Gasteiger partial charge in [-0.3, -0.25) is 0 Å². The first-order valence-electron chi connectivity index (χ1n) is 5.60. The van der Waals surface area contributed by atoms with E-state index in [9.17, 15) is 4.39 Å². The van der Waals surface area contributed by atoms with Crippen molar-refractivity contribution in [2.24, 2.45) is 0 Å². The molecule has 0 saturated carbocycles. The Hall–Kier alpha value is -1.46. The Morgan fingerprint density at radius 3 is 3.00 bits per heavy atom. The molecule has 0 amide bonds. The van der Waals surface area contributed by atoms with E-state index in [2.05, 4.69) is 20.0 Å². The van der Waals surface area contributed by atoms with Crippen molar-refractivity contribution in [2.45, 2.75) is 19.4 Å². The van der Waals surface area contributed by atoms with E-state index in [0.29, 0.717) is 18.8 Å². The van der Waals surface area contributed by atoms with Gasteiger partial charge in [-0.25, -0.2) is 4.39 Å². The van der Waals surface area contributed by atoms with Crippen LogP contribution in [0.1, 0.15) is 24.4 Å². The molecule has 0 spiro atoms. The van der Waals surface area contributed by atoms with Crippen molar-refractivity contribution in [2.75, 3.05) is 6.54 Å². The maximum atomic E-state index is 13.3. The first-order valence-corrected chi connectivity index (χ1v) is 5.98. The summed E-state index contributed by atoms with van der Waals surface area (Å²) in [5.74, 6) is 0.248. The van der Waals surface area contributed by atoms with Gasteiger partial charge in [-0.1, -0.05) is 22.8 Å². The number of hydrogen-bond donors (Lipinski definition) is 1. The molecule has 0 fully saturated rings. The molecule has 1 heterocycles. The van der Waals surface area contributed by atoms with Gasteiger partial charge in [0, 0.05) is 19.0 Å². The third-order valence-corrected chi connectivity index (χ3v) is 2.96. The molecule has 1 aromatic carbocycles. The monoisotopic (exact) mass is 269 g/mol. The lowest BCUT2D eigenvalue weighted by Crippen LogP contribution is -2.21. The number of aromatic nitrogens is 2. The predicted octanol–water partition coefficient (Wildman–Crippen LogP) is 2.76. The van der Waals surface area contributed by atoms with E-state index in [1.807, 2.05) is 6.92 Å². The van der Waals surface area contributed by atoms with E-state index < -0.39 is 5.82 Å². The number of rotatable bonds is 5. The quantitative estimate of drug-likeness (QED) is 0.907. The van der Waals surface area contributed by atoms with Crippen LogP contribution in [-0.2, 0) is 6.42 Å². The molecule has 2 aromatic rings. The van der Waals surface area contributed by atoms with Crippen LogP contribution >= 0.6 is 11.6 Å².